The summed E-state index contributed by atoms with van der Waals surface area (Å²) in [6.45, 7) is 7.87. The first-order valence-electron chi connectivity index (χ1n) is 12.2. The number of anilines is 6. The predicted molar refractivity (Wildman–Crippen MR) is 137 cm³/mol. The van der Waals surface area contributed by atoms with Gasteiger partial charge in [-0.15, -0.1) is 0 Å². The Morgan fingerprint density at radius 2 is 1.95 bits per heavy atom. The van der Waals surface area contributed by atoms with Gasteiger partial charge in [-0.05, 0) is 57.9 Å². The molecule has 2 aliphatic rings. The number of amides is 1. The van der Waals surface area contributed by atoms with Crippen molar-refractivity contribution in [3.05, 3.63) is 42.5 Å². The van der Waals surface area contributed by atoms with Crippen molar-refractivity contribution >= 4 is 40.8 Å². The molecule has 5 rings (SSSR count). The van der Waals surface area contributed by atoms with Crippen LogP contribution in [0.2, 0.25) is 0 Å². The summed E-state index contributed by atoms with van der Waals surface area (Å²) in [6.07, 6.45) is 5.03. The van der Waals surface area contributed by atoms with Crippen molar-refractivity contribution in [2.75, 3.05) is 40.5 Å². The summed E-state index contributed by atoms with van der Waals surface area (Å²) in [5, 5.41) is 8.58. The fraction of sp³-hybridized carbons (Fsp3) is 0.400. The second-order valence-corrected chi connectivity index (χ2v) is 9.30. The third-order valence-corrected chi connectivity index (χ3v) is 6.17. The number of aromatic nitrogens is 4. The van der Waals surface area contributed by atoms with E-state index in [2.05, 4.69) is 40.8 Å². The lowest BCUT2D eigenvalue weighted by Crippen LogP contribution is -2.46. The van der Waals surface area contributed by atoms with Crippen LogP contribution in [0.3, 0.4) is 0 Å². The standard InChI is InChI=1S/C25H29FN8O3/c1-4-36-16-9-11-34(12-10-16)20-8-5-15(13-27-20)29-24-28-14-17(26)21(33-24)30-19-7-6-18-22(31-19)32-23(35)25(2,3)37-18/h5-8,13-14,16H,4,9-12H2,1-3H3,(H3,28,29,30,31,32,33,35). The van der Waals surface area contributed by atoms with Crippen molar-refractivity contribution in [2.24, 2.45) is 0 Å². The molecule has 1 amide bonds. The molecule has 3 aromatic heterocycles. The predicted octanol–water partition coefficient (Wildman–Crippen LogP) is 4.01. The molecule has 12 heteroatoms. The lowest BCUT2D eigenvalue weighted by Gasteiger charge is -2.32. The third-order valence-electron chi connectivity index (χ3n) is 6.17. The number of fused-ring (bicyclic) bond motifs is 1. The smallest absolute Gasteiger partial charge is 0.269 e. The largest absolute Gasteiger partial charge is 0.474 e. The summed E-state index contributed by atoms with van der Waals surface area (Å²) in [5.41, 5.74) is -0.337. The van der Waals surface area contributed by atoms with E-state index in [1.165, 1.54) is 0 Å². The average molecular weight is 509 g/mol. The van der Waals surface area contributed by atoms with E-state index in [9.17, 15) is 9.18 Å². The van der Waals surface area contributed by atoms with Crippen molar-refractivity contribution in [3.8, 4) is 5.75 Å². The summed E-state index contributed by atoms with van der Waals surface area (Å²) >= 11 is 0. The lowest BCUT2D eigenvalue weighted by molar-refractivity contribution is -0.129. The zero-order chi connectivity index (χ0) is 26.0. The molecule has 0 spiro atoms. The fourth-order valence-electron chi connectivity index (χ4n) is 4.17. The van der Waals surface area contributed by atoms with Gasteiger partial charge in [0.05, 0.1) is 24.2 Å². The molecule has 3 aromatic rings. The van der Waals surface area contributed by atoms with E-state index in [4.69, 9.17) is 9.47 Å². The van der Waals surface area contributed by atoms with E-state index >= 15 is 0 Å². The highest BCUT2D eigenvalue weighted by Crippen LogP contribution is 2.33. The SMILES string of the molecule is CCOC1CCN(c2ccc(Nc3ncc(F)c(Nc4ccc5c(n4)NC(=O)C(C)(C)O5)n3)cn2)CC1. The van der Waals surface area contributed by atoms with E-state index < -0.39 is 11.4 Å². The van der Waals surface area contributed by atoms with Crippen molar-refractivity contribution in [2.45, 2.75) is 45.3 Å². The Bertz CT molecular complexity index is 1280. The molecule has 0 aromatic carbocycles. The highest BCUT2D eigenvalue weighted by molar-refractivity contribution is 5.99. The van der Waals surface area contributed by atoms with Crippen LogP contribution in [0.25, 0.3) is 0 Å². The van der Waals surface area contributed by atoms with E-state index in [1.54, 1.807) is 32.2 Å². The highest BCUT2D eigenvalue weighted by Gasteiger charge is 2.36. The van der Waals surface area contributed by atoms with Crippen LogP contribution in [0.4, 0.5) is 39.3 Å². The van der Waals surface area contributed by atoms with E-state index in [-0.39, 0.29) is 29.3 Å². The van der Waals surface area contributed by atoms with Crippen LogP contribution >= 0.6 is 0 Å². The van der Waals surface area contributed by atoms with Crippen LogP contribution < -0.4 is 25.6 Å². The number of carbonyl (C=O) groups excluding carboxylic acids is 1. The van der Waals surface area contributed by atoms with Crippen molar-refractivity contribution in [1.29, 1.82) is 0 Å². The van der Waals surface area contributed by atoms with Gasteiger partial charge in [-0.2, -0.15) is 4.98 Å². The number of hydrogen-bond donors (Lipinski definition) is 3. The molecule has 1 saturated heterocycles. The number of nitrogens with one attached hydrogen (secondary N) is 3. The molecule has 11 nitrogen and oxygen atoms in total. The molecule has 0 bridgehead atoms. The summed E-state index contributed by atoms with van der Waals surface area (Å²) in [4.78, 5) is 31.5. The topological polar surface area (TPSA) is 126 Å². The normalized spacial score (nSPS) is 17.0. The van der Waals surface area contributed by atoms with Crippen LogP contribution in [-0.4, -0.2) is 57.2 Å². The molecular formula is C25H29FN8O3. The van der Waals surface area contributed by atoms with E-state index in [1.807, 2.05) is 19.1 Å². The maximum atomic E-state index is 14.5. The van der Waals surface area contributed by atoms with Crippen LogP contribution in [0.15, 0.2) is 36.7 Å². The third kappa shape index (κ3) is 5.53. The van der Waals surface area contributed by atoms with Crippen molar-refractivity contribution in [1.82, 2.24) is 19.9 Å². The van der Waals surface area contributed by atoms with E-state index in [0.717, 1.165) is 44.6 Å². The number of ether oxygens (including phenoxy) is 2. The van der Waals surface area contributed by atoms with Crippen LogP contribution in [0.5, 0.6) is 5.75 Å². The summed E-state index contributed by atoms with van der Waals surface area (Å²) in [6, 6.07) is 7.07. The van der Waals surface area contributed by atoms with Crippen LogP contribution in [0.1, 0.15) is 33.6 Å². The zero-order valence-electron chi connectivity index (χ0n) is 20.9. The minimum atomic E-state index is -1.00. The highest BCUT2D eigenvalue weighted by atomic mass is 19.1. The fourth-order valence-corrected chi connectivity index (χ4v) is 4.17. The molecule has 0 radical (unpaired) electrons. The van der Waals surface area contributed by atoms with Crippen molar-refractivity contribution < 1.29 is 18.7 Å². The molecule has 2 aliphatic heterocycles. The summed E-state index contributed by atoms with van der Waals surface area (Å²) in [7, 11) is 0. The quantitative estimate of drug-likeness (QED) is 0.431. The van der Waals surface area contributed by atoms with Gasteiger partial charge in [-0.25, -0.2) is 19.3 Å². The zero-order valence-corrected chi connectivity index (χ0v) is 20.9. The Morgan fingerprint density at radius 1 is 1.14 bits per heavy atom. The molecule has 3 N–H and O–H groups in total. The van der Waals surface area contributed by atoms with Gasteiger partial charge in [0.2, 0.25) is 5.95 Å². The minimum Gasteiger partial charge on any atom is -0.474 e. The molecular weight excluding hydrogens is 479 g/mol. The molecule has 5 heterocycles. The van der Waals surface area contributed by atoms with Gasteiger partial charge < -0.3 is 30.3 Å². The lowest BCUT2D eigenvalue weighted by atomic mass is 10.1. The first-order valence-corrected chi connectivity index (χ1v) is 12.2. The maximum Gasteiger partial charge on any atom is 0.269 e. The minimum absolute atomic E-state index is 0.0740. The number of pyridine rings is 2. The Balaban J connectivity index is 1.24. The van der Waals surface area contributed by atoms with Crippen LogP contribution in [-0.2, 0) is 9.53 Å². The Hall–Kier alpha value is -4.06. The van der Waals surface area contributed by atoms with Gasteiger partial charge in [0.15, 0.2) is 28.8 Å². The second-order valence-electron chi connectivity index (χ2n) is 9.30. The summed E-state index contributed by atoms with van der Waals surface area (Å²) < 4.78 is 25.9. The number of rotatable bonds is 7. The van der Waals surface area contributed by atoms with Gasteiger partial charge in [0, 0.05) is 19.7 Å². The van der Waals surface area contributed by atoms with Gasteiger partial charge >= 0.3 is 0 Å². The number of carbonyl (C=O) groups is 1. The van der Waals surface area contributed by atoms with Gasteiger partial charge in [0.1, 0.15) is 11.6 Å². The average Bonchev–Trinajstić information content (AvgIpc) is 2.88. The maximum absolute atomic E-state index is 14.5. The summed E-state index contributed by atoms with van der Waals surface area (Å²) in [5.74, 6) is 0.980. The first-order chi connectivity index (χ1) is 17.8. The number of halogens is 1. The monoisotopic (exact) mass is 508 g/mol. The number of nitrogens with zero attached hydrogens (tertiary/aromatic N) is 5. The molecule has 0 atom stereocenters. The second kappa shape index (κ2) is 10.1. The Labute approximate surface area is 213 Å². The van der Waals surface area contributed by atoms with E-state index in [0.29, 0.717) is 17.5 Å². The van der Waals surface area contributed by atoms with Gasteiger partial charge in [0.25, 0.3) is 5.91 Å². The molecule has 0 unspecified atom stereocenters. The molecule has 0 saturated carbocycles. The number of hydrogen-bond acceptors (Lipinski definition) is 10. The van der Waals surface area contributed by atoms with Gasteiger partial charge in [-0.1, -0.05) is 0 Å². The molecule has 37 heavy (non-hydrogen) atoms. The Morgan fingerprint density at radius 3 is 2.68 bits per heavy atom. The molecule has 1 fully saturated rings. The van der Waals surface area contributed by atoms with Crippen LogP contribution in [0, 0.1) is 5.82 Å². The number of piperidine rings is 1. The molecule has 194 valence electrons. The van der Waals surface area contributed by atoms with Gasteiger partial charge in [-0.3, -0.25) is 4.79 Å². The molecule has 0 aliphatic carbocycles. The first kappa shape index (κ1) is 24.6. The van der Waals surface area contributed by atoms with Crippen molar-refractivity contribution in [3.63, 3.8) is 0 Å². The Kier molecular flexibility index (Phi) is 6.74.